The Morgan fingerprint density at radius 3 is 2.50 bits per heavy atom. The molecule has 3 atom stereocenters. The smallest absolute Gasteiger partial charge is 0.136 e. The molecule has 1 heteroatoms. The van der Waals surface area contributed by atoms with E-state index in [0.29, 0.717) is 17.6 Å². The lowest BCUT2D eigenvalue weighted by Gasteiger charge is -2.31. The molecule has 0 aromatic rings. The van der Waals surface area contributed by atoms with E-state index >= 15 is 0 Å². The summed E-state index contributed by atoms with van der Waals surface area (Å²) in [6, 6.07) is 0. The Morgan fingerprint density at radius 1 is 1.50 bits per heavy atom. The summed E-state index contributed by atoms with van der Waals surface area (Å²) in [5.41, 5.74) is 1.17. The summed E-state index contributed by atoms with van der Waals surface area (Å²) in [4.78, 5) is 11.5. The highest BCUT2D eigenvalue weighted by Crippen LogP contribution is 2.33. The molecule has 0 bridgehead atoms. The van der Waals surface area contributed by atoms with Gasteiger partial charge in [0.25, 0.3) is 0 Å². The average molecular weight is 166 g/mol. The molecular weight excluding hydrogens is 148 g/mol. The predicted octanol–water partition coefficient (Wildman–Crippen LogP) is 2.81. The maximum Gasteiger partial charge on any atom is 0.136 e. The zero-order chi connectivity index (χ0) is 9.30. The van der Waals surface area contributed by atoms with E-state index in [9.17, 15) is 4.79 Å². The normalized spacial score (nSPS) is 36.6. The van der Waals surface area contributed by atoms with Crippen LogP contribution in [0.5, 0.6) is 0 Å². The first kappa shape index (κ1) is 9.50. The minimum atomic E-state index is 0.264. The van der Waals surface area contributed by atoms with E-state index < -0.39 is 0 Å². The fourth-order valence-corrected chi connectivity index (χ4v) is 1.86. The molecule has 1 saturated carbocycles. The molecule has 1 nitrogen and oxygen atoms in total. The molecule has 0 spiro atoms. The average Bonchev–Trinajstić information content (AvgIpc) is 1.99. The third-order valence-electron chi connectivity index (χ3n) is 3.16. The second-order valence-electron chi connectivity index (χ2n) is 4.22. The van der Waals surface area contributed by atoms with Crippen molar-refractivity contribution in [3.05, 3.63) is 12.2 Å². The van der Waals surface area contributed by atoms with E-state index in [1.165, 1.54) is 5.57 Å². The van der Waals surface area contributed by atoms with Gasteiger partial charge in [-0.1, -0.05) is 26.0 Å². The number of allylic oxidation sites excluding steroid dienone is 1. The van der Waals surface area contributed by atoms with E-state index in [1.54, 1.807) is 0 Å². The van der Waals surface area contributed by atoms with Crippen LogP contribution in [-0.4, -0.2) is 5.78 Å². The predicted molar refractivity (Wildman–Crippen MR) is 50.9 cm³/mol. The lowest BCUT2D eigenvalue weighted by atomic mass is 9.73. The molecule has 12 heavy (non-hydrogen) atoms. The number of Topliss-reactive ketones (excluding diaryl/α,β-unsaturated/α-hetero) is 1. The van der Waals surface area contributed by atoms with Crippen LogP contribution in [-0.2, 0) is 4.79 Å². The highest BCUT2D eigenvalue weighted by Gasteiger charge is 2.30. The van der Waals surface area contributed by atoms with E-state index in [1.807, 2.05) is 13.8 Å². The molecule has 1 unspecified atom stereocenters. The molecule has 0 radical (unpaired) electrons. The monoisotopic (exact) mass is 166 g/mol. The number of hydrogen-bond donors (Lipinski definition) is 0. The second-order valence-corrected chi connectivity index (χ2v) is 4.22. The van der Waals surface area contributed by atoms with Crippen LogP contribution < -0.4 is 0 Å². The van der Waals surface area contributed by atoms with Crippen LogP contribution in [0, 0.1) is 17.8 Å². The van der Waals surface area contributed by atoms with Gasteiger partial charge < -0.3 is 0 Å². The van der Waals surface area contributed by atoms with Crippen LogP contribution >= 0.6 is 0 Å². The van der Waals surface area contributed by atoms with Crippen LogP contribution in [0.4, 0.5) is 0 Å². The van der Waals surface area contributed by atoms with Crippen molar-refractivity contribution in [2.75, 3.05) is 0 Å². The van der Waals surface area contributed by atoms with Crippen molar-refractivity contribution in [3.8, 4) is 0 Å². The molecule has 0 heterocycles. The van der Waals surface area contributed by atoms with E-state index in [0.717, 1.165) is 12.8 Å². The molecule has 0 aromatic carbocycles. The zero-order valence-electron chi connectivity index (χ0n) is 8.26. The van der Waals surface area contributed by atoms with Crippen molar-refractivity contribution in [1.82, 2.24) is 0 Å². The summed E-state index contributed by atoms with van der Waals surface area (Å²) in [6.45, 7) is 10.2. The summed E-state index contributed by atoms with van der Waals surface area (Å²) in [7, 11) is 0. The van der Waals surface area contributed by atoms with Crippen molar-refractivity contribution in [2.45, 2.75) is 33.6 Å². The molecule has 0 aliphatic heterocycles. The fourth-order valence-electron chi connectivity index (χ4n) is 1.86. The standard InChI is InChI=1S/C11H18O/c1-7(2)10-5-8(3)9(4)11(12)6-10/h8-10H,1,5-6H2,2-4H3/t8-,9?,10-/m1/s1. The highest BCUT2D eigenvalue weighted by atomic mass is 16.1. The number of hydrogen-bond acceptors (Lipinski definition) is 1. The first-order chi connectivity index (χ1) is 5.52. The first-order valence-electron chi connectivity index (χ1n) is 4.70. The Balaban J connectivity index is 2.66. The van der Waals surface area contributed by atoms with Gasteiger partial charge in [-0.15, -0.1) is 0 Å². The molecular formula is C11H18O. The van der Waals surface area contributed by atoms with Crippen LogP contribution in [0.25, 0.3) is 0 Å². The third kappa shape index (κ3) is 1.77. The van der Waals surface area contributed by atoms with E-state index in [4.69, 9.17) is 0 Å². The van der Waals surface area contributed by atoms with Gasteiger partial charge in [0.1, 0.15) is 5.78 Å². The molecule has 68 valence electrons. The second kappa shape index (κ2) is 3.42. The zero-order valence-corrected chi connectivity index (χ0v) is 8.26. The minimum absolute atomic E-state index is 0.264. The van der Waals surface area contributed by atoms with Gasteiger partial charge in [-0.05, 0) is 25.2 Å². The van der Waals surface area contributed by atoms with Gasteiger partial charge in [0, 0.05) is 12.3 Å². The van der Waals surface area contributed by atoms with E-state index in [-0.39, 0.29) is 5.92 Å². The number of carbonyl (C=O) groups excluding carboxylic acids is 1. The maximum absolute atomic E-state index is 11.5. The van der Waals surface area contributed by atoms with Crippen molar-refractivity contribution in [3.63, 3.8) is 0 Å². The Hall–Kier alpha value is -0.590. The van der Waals surface area contributed by atoms with Gasteiger partial charge in [0.2, 0.25) is 0 Å². The van der Waals surface area contributed by atoms with Crippen LogP contribution in [0.3, 0.4) is 0 Å². The summed E-state index contributed by atoms with van der Waals surface area (Å²) < 4.78 is 0. The maximum atomic E-state index is 11.5. The van der Waals surface area contributed by atoms with Gasteiger partial charge in [-0.3, -0.25) is 4.79 Å². The topological polar surface area (TPSA) is 17.1 Å². The summed E-state index contributed by atoms with van der Waals surface area (Å²) >= 11 is 0. The molecule has 1 rings (SSSR count). The lowest BCUT2D eigenvalue weighted by Crippen LogP contribution is -2.29. The van der Waals surface area contributed by atoms with Crippen molar-refractivity contribution >= 4 is 5.78 Å². The number of carbonyl (C=O) groups is 1. The summed E-state index contributed by atoms with van der Waals surface area (Å²) in [5.74, 6) is 1.67. The van der Waals surface area contributed by atoms with Crippen molar-refractivity contribution in [2.24, 2.45) is 17.8 Å². The molecule has 1 aliphatic carbocycles. The van der Waals surface area contributed by atoms with Gasteiger partial charge >= 0.3 is 0 Å². The van der Waals surface area contributed by atoms with Crippen LogP contribution in [0.1, 0.15) is 33.6 Å². The molecule has 0 N–H and O–H groups in total. The highest BCUT2D eigenvalue weighted by molar-refractivity contribution is 5.82. The van der Waals surface area contributed by atoms with Gasteiger partial charge in [0.05, 0.1) is 0 Å². The lowest BCUT2D eigenvalue weighted by molar-refractivity contribution is -0.126. The summed E-state index contributed by atoms with van der Waals surface area (Å²) in [6.07, 6.45) is 1.86. The number of rotatable bonds is 1. The van der Waals surface area contributed by atoms with Gasteiger partial charge in [-0.2, -0.15) is 0 Å². The summed E-state index contributed by atoms with van der Waals surface area (Å²) in [5, 5.41) is 0. The fraction of sp³-hybridized carbons (Fsp3) is 0.727. The number of ketones is 1. The van der Waals surface area contributed by atoms with Crippen LogP contribution in [0.2, 0.25) is 0 Å². The molecule has 0 saturated heterocycles. The molecule has 1 aliphatic rings. The minimum Gasteiger partial charge on any atom is -0.299 e. The Kier molecular flexibility index (Phi) is 2.71. The molecule has 1 fully saturated rings. The molecule has 0 amide bonds. The SMILES string of the molecule is C=C(C)[C@H]1CC(=O)C(C)[C@H](C)C1. The largest absolute Gasteiger partial charge is 0.299 e. The Bertz CT molecular complexity index is 205. The first-order valence-corrected chi connectivity index (χ1v) is 4.70. The quantitative estimate of drug-likeness (QED) is 0.547. The molecule has 0 aromatic heterocycles. The third-order valence-corrected chi connectivity index (χ3v) is 3.16. The van der Waals surface area contributed by atoms with Crippen molar-refractivity contribution in [1.29, 1.82) is 0 Å². The van der Waals surface area contributed by atoms with E-state index in [2.05, 4.69) is 13.5 Å². The Labute approximate surface area is 74.9 Å². The van der Waals surface area contributed by atoms with Crippen LogP contribution in [0.15, 0.2) is 12.2 Å². The van der Waals surface area contributed by atoms with Gasteiger partial charge in [-0.25, -0.2) is 0 Å². The van der Waals surface area contributed by atoms with Crippen molar-refractivity contribution < 1.29 is 4.79 Å². The van der Waals surface area contributed by atoms with Gasteiger partial charge in [0.15, 0.2) is 0 Å². The Morgan fingerprint density at radius 2 is 2.08 bits per heavy atom.